The highest BCUT2D eigenvalue weighted by molar-refractivity contribution is 7.13. The Morgan fingerprint density at radius 1 is 1.26 bits per heavy atom. The number of carbonyl (C=O) groups excluding carboxylic acids is 1. The third-order valence-electron chi connectivity index (χ3n) is 4.47. The molecule has 7 heteroatoms. The molecule has 0 atom stereocenters. The second-order valence-corrected chi connectivity index (χ2v) is 8.04. The van der Waals surface area contributed by atoms with Crippen molar-refractivity contribution in [3.8, 4) is 22.0 Å². The van der Waals surface area contributed by atoms with Crippen LogP contribution in [0.15, 0.2) is 53.5 Å². The lowest BCUT2D eigenvalue weighted by Crippen LogP contribution is -2.13. The van der Waals surface area contributed by atoms with Crippen LogP contribution < -0.4 is 5.73 Å². The third-order valence-corrected chi connectivity index (χ3v) is 6.30. The third kappa shape index (κ3) is 3.56. The van der Waals surface area contributed by atoms with Gasteiger partial charge >= 0.3 is 0 Å². The number of thiophene rings is 1. The molecule has 4 rings (SSSR count). The molecule has 0 unspecified atom stereocenters. The number of thiazole rings is 1. The molecule has 0 aliphatic heterocycles. The van der Waals surface area contributed by atoms with Crippen LogP contribution >= 0.6 is 22.7 Å². The van der Waals surface area contributed by atoms with Gasteiger partial charge in [0, 0.05) is 40.5 Å². The minimum atomic E-state index is -0.411. The predicted octanol–water partition coefficient (Wildman–Crippen LogP) is 4.39. The second kappa shape index (κ2) is 7.46. The molecule has 0 aromatic carbocycles. The number of carbonyl (C=O) groups is 1. The molecule has 4 heterocycles. The van der Waals surface area contributed by atoms with Crippen LogP contribution in [0.3, 0.4) is 0 Å². The fraction of sp³-hybridized carbons (Fsp3) is 0.150. The minimum absolute atomic E-state index is 0.411. The Labute approximate surface area is 165 Å². The summed E-state index contributed by atoms with van der Waals surface area (Å²) in [4.78, 5) is 22.1. The Hall–Kier alpha value is -2.77. The van der Waals surface area contributed by atoms with E-state index in [1.807, 2.05) is 30.5 Å². The van der Waals surface area contributed by atoms with Gasteiger partial charge in [-0.25, -0.2) is 4.98 Å². The summed E-state index contributed by atoms with van der Waals surface area (Å²) in [5.74, 6) is -0.411. The van der Waals surface area contributed by atoms with Crippen molar-refractivity contribution >= 4 is 28.6 Å². The highest BCUT2D eigenvalue weighted by atomic mass is 32.1. The van der Waals surface area contributed by atoms with Crippen LogP contribution in [0.1, 0.15) is 20.9 Å². The number of nitrogens with zero attached hydrogens (tertiary/aromatic N) is 3. The number of primary amides is 1. The summed E-state index contributed by atoms with van der Waals surface area (Å²) in [7, 11) is 0. The van der Waals surface area contributed by atoms with Gasteiger partial charge in [0.1, 0.15) is 5.01 Å². The SMILES string of the molecule is Cc1c(C(N)=O)cc(-c2csc(-c3cccnc3)n2)n1CCc1cccs1. The van der Waals surface area contributed by atoms with Crippen molar-refractivity contribution in [1.29, 1.82) is 0 Å². The van der Waals surface area contributed by atoms with Crippen molar-refractivity contribution < 1.29 is 4.79 Å². The van der Waals surface area contributed by atoms with E-state index in [1.165, 1.54) is 4.88 Å². The van der Waals surface area contributed by atoms with E-state index in [0.29, 0.717) is 5.56 Å². The van der Waals surface area contributed by atoms with Crippen LogP contribution in [0.5, 0.6) is 0 Å². The van der Waals surface area contributed by atoms with Crippen molar-refractivity contribution in [1.82, 2.24) is 14.5 Å². The summed E-state index contributed by atoms with van der Waals surface area (Å²) >= 11 is 3.31. The summed E-state index contributed by atoms with van der Waals surface area (Å²) < 4.78 is 2.14. The maximum absolute atomic E-state index is 11.9. The number of hydrogen-bond acceptors (Lipinski definition) is 5. The Morgan fingerprint density at radius 2 is 2.15 bits per heavy atom. The lowest BCUT2D eigenvalue weighted by Gasteiger charge is -2.10. The number of hydrogen-bond donors (Lipinski definition) is 1. The highest BCUT2D eigenvalue weighted by Crippen LogP contribution is 2.31. The van der Waals surface area contributed by atoms with Crippen LogP contribution in [0, 0.1) is 6.92 Å². The van der Waals surface area contributed by atoms with Crippen molar-refractivity contribution in [2.75, 3.05) is 0 Å². The van der Waals surface area contributed by atoms with Gasteiger partial charge in [0.25, 0.3) is 5.91 Å². The maximum Gasteiger partial charge on any atom is 0.250 e. The summed E-state index contributed by atoms with van der Waals surface area (Å²) in [5.41, 5.74) is 9.77. The zero-order valence-corrected chi connectivity index (χ0v) is 16.4. The van der Waals surface area contributed by atoms with E-state index >= 15 is 0 Å². The second-order valence-electron chi connectivity index (χ2n) is 6.15. The van der Waals surface area contributed by atoms with Gasteiger partial charge in [-0.3, -0.25) is 9.78 Å². The molecule has 4 aromatic heterocycles. The van der Waals surface area contributed by atoms with Gasteiger partial charge in [0.15, 0.2) is 0 Å². The van der Waals surface area contributed by atoms with Gasteiger partial charge < -0.3 is 10.3 Å². The molecule has 136 valence electrons. The molecule has 2 N–H and O–H groups in total. The quantitative estimate of drug-likeness (QED) is 0.527. The van der Waals surface area contributed by atoms with E-state index in [2.05, 4.69) is 27.1 Å². The molecular formula is C20H18N4OS2. The molecule has 5 nitrogen and oxygen atoms in total. The van der Waals surface area contributed by atoms with Gasteiger partial charge in [0.05, 0.1) is 17.0 Å². The van der Waals surface area contributed by atoms with Crippen LogP contribution in [-0.2, 0) is 13.0 Å². The van der Waals surface area contributed by atoms with Crippen LogP contribution in [-0.4, -0.2) is 20.4 Å². The van der Waals surface area contributed by atoms with E-state index in [-0.39, 0.29) is 0 Å². The molecule has 0 saturated carbocycles. The molecule has 0 aliphatic carbocycles. The van der Waals surface area contributed by atoms with Crippen molar-refractivity contribution in [3.05, 3.63) is 69.6 Å². The smallest absolute Gasteiger partial charge is 0.250 e. The fourth-order valence-electron chi connectivity index (χ4n) is 3.09. The van der Waals surface area contributed by atoms with E-state index in [1.54, 1.807) is 35.1 Å². The predicted molar refractivity (Wildman–Crippen MR) is 110 cm³/mol. The Bertz CT molecular complexity index is 1070. The summed E-state index contributed by atoms with van der Waals surface area (Å²) in [6.45, 7) is 2.71. The van der Waals surface area contributed by atoms with E-state index < -0.39 is 5.91 Å². The van der Waals surface area contributed by atoms with Crippen molar-refractivity contribution in [3.63, 3.8) is 0 Å². The molecule has 0 bridgehead atoms. The average molecular weight is 395 g/mol. The standard InChI is InChI=1S/C20H18N4OS2/c1-13-16(19(21)25)10-18(24(13)8-6-15-5-3-9-26-15)17-12-27-20(23-17)14-4-2-7-22-11-14/h2-5,7,9-12H,6,8H2,1H3,(H2,21,25). The van der Waals surface area contributed by atoms with Crippen molar-refractivity contribution in [2.45, 2.75) is 19.9 Å². The first-order chi connectivity index (χ1) is 13.1. The lowest BCUT2D eigenvalue weighted by molar-refractivity contribution is 0.0999. The summed E-state index contributed by atoms with van der Waals surface area (Å²) in [6.07, 6.45) is 4.45. The number of rotatable bonds is 6. The molecule has 0 saturated heterocycles. The summed E-state index contributed by atoms with van der Waals surface area (Å²) in [6, 6.07) is 9.93. The number of aromatic nitrogens is 3. The van der Waals surface area contributed by atoms with E-state index in [4.69, 9.17) is 10.7 Å². The van der Waals surface area contributed by atoms with Gasteiger partial charge in [-0.1, -0.05) is 6.07 Å². The van der Waals surface area contributed by atoms with Gasteiger partial charge in [-0.15, -0.1) is 22.7 Å². The van der Waals surface area contributed by atoms with Crippen molar-refractivity contribution in [2.24, 2.45) is 5.73 Å². The van der Waals surface area contributed by atoms with Gasteiger partial charge in [-0.2, -0.15) is 0 Å². The Balaban J connectivity index is 1.72. The lowest BCUT2D eigenvalue weighted by atomic mass is 10.2. The fourth-order valence-corrected chi connectivity index (χ4v) is 4.59. The zero-order chi connectivity index (χ0) is 18.8. The zero-order valence-electron chi connectivity index (χ0n) is 14.8. The monoisotopic (exact) mass is 394 g/mol. The number of nitrogens with two attached hydrogens (primary N) is 1. The molecule has 27 heavy (non-hydrogen) atoms. The van der Waals surface area contributed by atoms with E-state index in [0.717, 1.165) is 40.6 Å². The highest BCUT2D eigenvalue weighted by Gasteiger charge is 2.19. The van der Waals surface area contributed by atoms with Gasteiger partial charge in [-0.05, 0) is 43.0 Å². The Kier molecular flexibility index (Phi) is 4.87. The molecule has 4 aromatic rings. The molecule has 0 aliphatic rings. The van der Waals surface area contributed by atoms with Crippen LogP contribution in [0.2, 0.25) is 0 Å². The first-order valence-electron chi connectivity index (χ1n) is 8.52. The number of amides is 1. The summed E-state index contributed by atoms with van der Waals surface area (Å²) in [5, 5.41) is 5.00. The number of aryl methyl sites for hydroxylation is 1. The van der Waals surface area contributed by atoms with Crippen LogP contribution in [0.4, 0.5) is 0 Å². The molecule has 0 fully saturated rings. The molecule has 0 spiro atoms. The van der Waals surface area contributed by atoms with Gasteiger partial charge in [0.2, 0.25) is 0 Å². The first kappa shape index (κ1) is 17.6. The van der Waals surface area contributed by atoms with Crippen LogP contribution in [0.25, 0.3) is 22.0 Å². The normalized spacial score (nSPS) is 11.0. The molecule has 0 radical (unpaired) electrons. The largest absolute Gasteiger partial charge is 0.366 e. The topological polar surface area (TPSA) is 73.8 Å². The molecule has 1 amide bonds. The average Bonchev–Trinajstić information content (AvgIpc) is 3.41. The maximum atomic E-state index is 11.9. The minimum Gasteiger partial charge on any atom is -0.366 e. The number of pyridine rings is 1. The first-order valence-corrected chi connectivity index (χ1v) is 10.3. The molecular weight excluding hydrogens is 376 g/mol. The van der Waals surface area contributed by atoms with E-state index in [9.17, 15) is 4.79 Å². The Morgan fingerprint density at radius 3 is 2.85 bits per heavy atom.